The third-order valence-corrected chi connectivity index (χ3v) is 7.22. The molecule has 2 aromatic carbocycles. The molecule has 4 aromatic rings. The van der Waals surface area contributed by atoms with Crippen LogP contribution >= 0.6 is 0 Å². The second-order valence-electron chi connectivity index (χ2n) is 9.88. The van der Waals surface area contributed by atoms with E-state index in [1.807, 2.05) is 24.3 Å². The molecule has 2 aromatic heterocycles. The SMILES string of the molecule is COC(=O)N1CCC(c2ccc(COc3c(F)cccc3-c3cccc(-n4ncc(C(=O)O)c4C(F)(F)F)n3)cc2)CC1. The number of ether oxygens (including phenoxy) is 2. The molecule has 43 heavy (non-hydrogen) atoms. The third kappa shape index (κ3) is 6.30. The Bertz CT molecular complexity index is 1630. The molecule has 1 aliphatic heterocycles. The summed E-state index contributed by atoms with van der Waals surface area (Å²) in [5, 5.41) is 12.8. The van der Waals surface area contributed by atoms with Gasteiger partial charge in [0.25, 0.3) is 0 Å². The number of carbonyl (C=O) groups is 2. The third-order valence-electron chi connectivity index (χ3n) is 7.22. The van der Waals surface area contributed by atoms with Gasteiger partial charge in [-0.3, -0.25) is 0 Å². The minimum atomic E-state index is -5.02. The first-order chi connectivity index (χ1) is 20.6. The van der Waals surface area contributed by atoms with Crippen LogP contribution in [-0.2, 0) is 17.5 Å². The van der Waals surface area contributed by atoms with Crippen LogP contribution in [0.1, 0.15) is 45.9 Å². The number of para-hydroxylation sites is 1. The van der Waals surface area contributed by atoms with Gasteiger partial charge in [0.1, 0.15) is 12.2 Å². The molecular formula is C30H26F4N4O5. The number of pyridine rings is 1. The lowest BCUT2D eigenvalue weighted by Gasteiger charge is -2.31. The zero-order chi connectivity index (χ0) is 30.7. The molecule has 1 saturated heterocycles. The van der Waals surface area contributed by atoms with Gasteiger partial charge < -0.3 is 19.5 Å². The Hall–Kier alpha value is -4.94. The van der Waals surface area contributed by atoms with Crippen molar-refractivity contribution in [3.8, 4) is 22.8 Å². The number of carboxylic acids is 1. The van der Waals surface area contributed by atoms with Gasteiger partial charge in [0.15, 0.2) is 23.1 Å². The second-order valence-corrected chi connectivity index (χ2v) is 9.88. The lowest BCUT2D eigenvalue weighted by atomic mass is 9.89. The summed E-state index contributed by atoms with van der Waals surface area (Å²) in [6.07, 6.45) is -3.15. The number of alkyl halides is 3. The minimum absolute atomic E-state index is 0.00797. The van der Waals surface area contributed by atoms with Crippen molar-refractivity contribution >= 4 is 12.1 Å². The first-order valence-electron chi connectivity index (χ1n) is 13.3. The number of carbonyl (C=O) groups excluding carboxylic acids is 1. The fourth-order valence-electron chi connectivity index (χ4n) is 5.07. The Morgan fingerprint density at radius 3 is 2.37 bits per heavy atom. The van der Waals surface area contributed by atoms with E-state index in [0.29, 0.717) is 24.0 Å². The maximum absolute atomic E-state index is 15.0. The van der Waals surface area contributed by atoms with E-state index in [2.05, 4.69) is 10.1 Å². The van der Waals surface area contributed by atoms with Crippen LogP contribution in [0.15, 0.2) is 66.9 Å². The summed E-state index contributed by atoms with van der Waals surface area (Å²) in [4.78, 5) is 29.0. The lowest BCUT2D eigenvalue weighted by Crippen LogP contribution is -2.37. The number of benzene rings is 2. The molecule has 0 aliphatic carbocycles. The van der Waals surface area contributed by atoms with Crippen LogP contribution in [0.3, 0.4) is 0 Å². The number of likely N-dealkylation sites (tertiary alicyclic amines) is 1. The summed E-state index contributed by atoms with van der Waals surface area (Å²) in [5.41, 5.74) is -0.343. The zero-order valence-electron chi connectivity index (χ0n) is 22.8. The number of hydrogen-bond donors (Lipinski definition) is 1. The van der Waals surface area contributed by atoms with Gasteiger partial charge >= 0.3 is 18.2 Å². The molecule has 3 heterocycles. The number of amides is 1. The van der Waals surface area contributed by atoms with Gasteiger partial charge in [0, 0.05) is 18.7 Å². The number of nitrogens with zero attached hydrogens (tertiary/aromatic N) is 4. The normalized spacial score (nSPS) is 14.0. The van der Waals surface area contributed by atoms with Crippen molar-refractivity contribution in [2.75, 3.05) is 20.2 Å². The fourth-order valence-corrected chi connectivity index (χ4v) is 5.07. The van der Waals surface area contributed by atoms with E-state index in [1.165, 1.54) is 43.5 Å². The van der Waals surface area contributed by atoms with Crippen molar-refractivity contribution in [2.45, 2.75) is 31.5 Å². The molecule has 0 saturated carbocycles. The predicted molar refractivity (Wildman–Crippen MR) is 145 cm³/mol. The van der Waals surface area contributed by atoms with Crippen LogP contribution in [0, 0.1) is 5.82 Å². The quantitative estimate of drug-likeness (QED) is 0.248. The Kier molecular flexibility index (Phi) is 8.33. The van der Waals surface area contributed by atoms with Crippen LogP contribution in [0.4, 0.5) is 22.4 Å². The first kappa shape index (κ1) is 29.5. The molecule has 0 spiro atoms. The highest BCUT2D eigenvalue weighted by atomic mass is 19.4. The number of rotatable bonds is 7. The van der Waals surface area contributed by atoms with E-state index in [0.717, 1.165) is 24.0 Å². The van der Waals surface area contributed by atoms with Gasteiger partial charge in [-0.15, -0.1) is 0 Å². The Labute approximate surface area is 243 Å². The van der Waals surface area contributed by atoms with Crippen LogP contribution in [0.2, 0.25) is 0 Å². The van der Waals surface area contributed by atoms with Crippen molar-refractivity contribution in [3.05, 3.63) is 95.1 Å². The lowest BCUT2D eigenvalue weighted by molar-refractivity contribution is -0.143. The van der Waals surface area contributed by atoms with E-state index < -0.39 is 29.2 Å². The summed E-state index contributed by atoms with van der Waals surface area (Å²) in [5.74, 6) is -2.64. The van der Waals surface area contributed by atoms with Crippen LogP contribution < -0.4 is 4.74 Å². The van der Waals surface area contributed by atoms with Crippen LogP contribution in [-0.4, -0.2) is 57.0 Å². The van der Waals surface area contributed by atoms with Crippen molar-refractivity contribution in [3.63, 3.8) is 0 Å². The number of methoxy groups -OCH3 is 1. The standard InChI is InChI=1S/C30H26F4N4O5/c1-42-29(41)37-14-12-20(13-15-37)19-10-8-18(9-11-19)17-43-26-21(4-2-5-23(26)31)24-6-3-7-25(36-24)38-27(30(32,33)34)22(16-35-38)28(39)40/h2-11,16,20H,12-15,17H2,1H3,(H,39,40). The number of aromatic nitrogens is 3. The number of halogens is 4. The van der Waals surface area contributed by atoms with Crippen LogP contribution in [0.25, 0.3) is 17.1 Å². The van der Waals surface area contributed by atoms with E-state index in [9.17, 15) is 32.3 Å². The summed E-state index contributed by atoms with van der Waals surface area (Å²) in [6, 6.07) is 15.9. The zero-order valence-corrected chi connectivity index (χ0v) is 22.8. The van der Waals surface area contributed by atoms with E-state index in [4.69, 9.17) is 9.47 Å². The van der Waals surface area contributed by atoms with Gasteiger partial charge in [-0.1, -0.05) is 36.4 Å². The summed E-state index contributed by atoms with van der Waals surface area (Å²) >= 11 is 0. The molecule has 13 heteroatoms. The summed E-state index contributed by atoms with van der Waals surface area (Å²) in [6.45, 7) is 1.21. The number of carboxylic acid groups (broad SMARTS) is 1. The minimum Gasteiger partial charge on any atom is -0.485 e. The summed E-state index contributed by atoms with van der Waals surface area (Å²) < 4.78 is 67.2. The average Bonchev–Trinajstić information content (AvgIpc) is 3.47. The maximum Gasteiger partial charge on any atom is 0.434 e. The molecule has 0 atom stereocenters. The number of piperidine rings is 1. The van der Waals surface area contributed by atoms with E-state index in [-0.39, 0.29) is 41.4 Å². The van der Waals surface area contributed by atoms with Crippen molar-refractivity contribution in [1.29, 1.82) is 0 Å². The second kappa shape index (κ2) is 12.1. The van der Waals surface area contributed by atoms with Crippen molar-refractivity contribution < 1.29 is 41.7 Å². The molecule has 1 N–H and O–H groups in total. The Morgan fingerprint density at radius 2 is 1.72 bits per heavy atom. The maximum atomic E-state index is 15.0. The Balaban J connectivity index is 1.35. The fraction of sp³-hybridized carbons (Fsp3) is 0.267. The van der Waals surface area contributed by atoms with Gasteiger partial charge in [0.05, 0.1) is 19.0 Å². The highest BCUT2D eigenvalue weighted by Crippen LogP contribution is 2.36. The molecule has 224 valence electrons. The Morgan fingerprint density at radius 1 is 1.02 bits per heavy atom. The van der Waals surface area contributed by atoms with Crippen molar-refractivity contribution in [1.82, 2.24) is 19.7 Å². The molecule has 9 nitrogen and oxygen atoms in total. The molecule has 0 unspecified atom stereocenters. The van der Waals surface area contributed by atoms with Gasteiger partial charge in [-0.25, -0.2) is 23.6 Å². The van der Waals surface area contributed by atoms with Gasteiger partial charge in [-0.2, -0.15) is 18.3 Å². The monoisotopic (exact) mass is 598 g/mol. The van der Waals surface area contributed by atoms with Gasteiger partial charge in [0.2, 0.25) is 0 Å². The molecule has 1 aliphatic rings. The summed E-state index contributed by atoms with van der Waals surface area (Å²) in [7, 11) is 1.36. The van der Waals surface area contributed by atoms with E-state index in [1.54, 1.807) is 4.90 Å². The molecule has 1 amide bonds. The first-order valence-corrected chi connectivity index (χ1v) is 13.3. The van der Waals surface area contributed by atoms with Crippen LogP contribution in [0.5, 0.6) is 5.75 Å². The number of aromatic carboxylic acids is 1. The largest absolute Gasteiger partial charge is 0.485 e. The molecule has 5 rings (SSSR count). The van der Waals surface area contributed by atoms with Gasteiger partial charge in [-0.05, 0) is 54.2 Å². The highest BCUT2D eigenvalue weighted by molar-refractivity contribution is 5.89. The molecule has 0 radical (unpaired) electrons. The topological polar surface area (TPSA) is 107 Å². The molecular weight excluding hydrogens is 572 g/mol. The average molecular weight is 599 g/mol. The van der Waals surface area contributed by atoms with E-state index >= 15 is 0 Å². The molecule has 1 fully saturated rings. The smallest absolute Gasteiger partial charge is 0.434 e. The molecule has 0 bridgehead atoms. The highest BCUT2D eigenvalue weighted by Gasteiger charge is 2.41. The predicted octanol–water partition coefficient (Wildman–Crippen LogP) is 6.32. The number of hydrogen-bond acceptors (Lipinski definition) is 6. The van der Waals surface area contributed by atoms with Crippen molar-refractivity contribution in [2.24, 2.45) is 0 Å².